The number of carbonyl (C=O) groups is 2. The van der Waals surface area contributed by atoms with E-state index in [0.29, 0.717) is 12.3 Å². The fourth-order valence-electron chi connectivity index (χ4n) is 2.51. The summed E-state index contributed by atoms with van der Waals surface area (Å²) in [6.45, 7) is 8.41. The van der Waals surface area contributed by atoms with Gasteiger partial charge in [-0.15, -0.1) is 0 Å². The van der Waals surface area contributed by atoms with Crippen molar-refractivity contribution in [1.29, 1.82) is 0 Å². The number of benzene rings is 1. The Bertz CT molecular complexity index is 554. The summed E-state index contributed by atoms with van der Waals surface area (Å²) in [5, 5.41) is 1.10. The van der Waals surface area contributed by atoms with E-state index in [1.54, 1.807) is 21.0 Å². The molecule has 27 heavy (non-hydrogen) atoms. The van der Waals surface area contributed by atoms with Crippen LogP contribution in [0.1, 0.15) is 50.9 Å². The summed E-state index contributed by atoms with van der Waals surface area (Å²) >= 11 is 0.251. The number of carbonyl (C=O) groups excluding carboxylic acids is 2. The Hall–Kier alpha value is -1.52. The van der Waals surface area contributed by atoms with Crippen LogP contribution in [-0.4, -0.2) is 47.2 Å². The van der Waals surface area contributed by atoms with Gasteiger partial charge in [0.25, 0.3) is 0 Å². The van der Waals surface area contributed by atoms with Crippen LogP contribution in [-0.2, 0) is 19.1 Å². The first-order chi connectivity index (χ1) is 13.0. The average Bonchev–Trinajstić information content (AvgIpc) is 2.68. The Morgan fingerprint density at radius 1 is 1.00 bits per heavy atom. The summed E-state index contributed by atoms with van der Waals surface area (Å²) in [6, 6.07) is 7.89. The van der Waals surface area contributed by atoms with Crippen molar-refractivity contribution in [3.8, 4) is 5.75 Å². The van der Waals surface area contributed by atoms with Crippen LogP contribution in [0.25, 0.3) is 0 Å². The van der Waals surface area contributed by atoms with Gasteiger partial charge in [0, 0.05) is 0 Å². The van der Waals surface area contributed by atoms with Gasteiger partial charge in [-0.3, -0.25) is 0 Å². The quantitative estimate of drug-likeness (QED) is 0.277. The Morgan fingerprint density at radius 3 is 2.00 bits per heavy atom. The van der Waals surface area contributed by atoms with Gasteiger partial charge >= 0.3 is 169 Å². The number of hydrogen-bond donors (Lipinski definition) is 0. The fraction of sp³-hybridized carbons (Fsp3) is 0.619. The first kappa shape index (κ1) is 23.5. The summed E-state index contributed by atoms with van der Waals surface area (Å²) < 4.78 is 15.5. The minimum absolute atomic E-state index is 0.135. The molecule has 0 heterocycles. The van der Waals surface area contributed by atoms with E-state index in [1.165, 1.54) is 0 Å². The van der Waals surface area contributed by atoms with Gasteiger partial charge in [-0.05, 0) is 0 Å². The third-order valence-electron chi connectivity index (χ3n) is 4.36. The zero-order valence-electron chi connectivity index (χ0n) is 17.0. The van der Waals surface area contributed by atoms with Gasteiger partial charge in [0.1, 0.15) is 0 Å². The summed E-state index contributed by atoms with van der Waals surface area (Å²) in [5.41, 5.74) is 1.12. The molecule has 0 saturated heterocycles. The molecular weight excluding hydrogens is 411 g/mol. The van der Waals surface area contributed by atoms with Crippen LogP contribution in [0.5, 0.6) is 5.75 Å². The van der Waals surface area contributed by atoms with Gasteiger partial charge < -0.3 is 0 Å². The maximum absolute atomic E-state index is 12.4. The number of esters is 2. The van der Waals surface area contributed by atoms with Crippen molar-refractivity contribution in [2.24, 2.45) is 11.8 Å². The average molecular weight is 443 g/mol. The third kappa shape index (κ3) is 7.94. The van der Waals surface area contributed by atoms with Gasteiger partial charge in [0.05, 0.1) is 0 Å². The van der Waals surface area contributed by atoms with Crippen molar-refractivity contribution >= 4 is 26.9 Å². The molecule has 0 bridgehead atoms. The Labute approximate surface area is 169 Å². The second-order valence-corrected chi connectivity index (χ2v) is 8.99. The van der Waals surface area contributed by atoms with E-state index in [9.17, 15) is 9.59 Å². The second-order valence-electron chi connectivity index (χ2n) is 6.40. The number of ether oxygens (including phenoxy) is 3. The Balaban J connectivity index is 3.05. The van der Waals surface area contributed by atoms with Crippen LogP contribution in [0, 0.1) is 11.8 Å². The van der Waals surface area contributed by atoms with Crippen LogP contribution in [0.3, 0.4) is 0 Å². The maximum atomic E-state index is 12.4. The van der Waals surface area contributed by atoms with Crippen LogP contribution < -0.4 is 4.74 Å². The molecule has 1 rings (SSSR count). The monoisotopic (exact) mass is 444 g/mol. The van der Waals surface area contributed by atoms with Gasteiger partial charge in [-0.25, -0.2) is 0 Å². The first-order valence-corrected chi connectivity index (χ1v) is 11.8. The van der Waals surface area contributed by atoms with Gasteiger partial charge in [0.2, 0.25) is 0 Å². The van der Waals surface area contributed by atoms with E-state index >= 15 is 0 Å². The molecule has 0 radical (unpaired) electrons. The molecule has 5 nitrogen and oxygen atoms in total. The molecule has 152 valence electrons. The van der Waals surface area contributed by atoms with Crippen molar-refractivity contribution in [2.45, 2.75) is 50.7 Å². The molecule has 0 amide bonds. The zero-order chi connectivity index (χ0) is 20.2. The standard InChI is InChI=1S/C21H32O5Se/c1-6-15(4)14-27-19(16-9-11-17(24-5)12-10-16)13-18(20(22)25-7-2)21(23)26-8-3/h9-12,15,18-19H,6-8,13-14H2,1-5H3/t15-,19+/m0/s1. The van der Waals surface area contributed by atoms with Crippen molar-refractivity contribution in [1.82, 2.24) is 0 Å². The van der Waals surface area contributed by atoms with Crippen molar-refractivity contribution in [3.63, 3.8) is 0 Å². The van der Waals surface area contributed by atoms with E-state index in [4.69, 9.17) is 14.2 Å². The molecule has 0 aromatic heterocycles. The Kier molecular flexibility index (Phi) is 11.1. The molecule has 0 spiro atoms. The number of rotatable bonds is 12. The zero-order valence-corrected chi connectivity index (χ0v) is 18.7. The topological polar surface area (TPSA) is 61.8 Å². The summed E-state index contributed by atoms with van der Waals surface area (Å²) in [5.74, 6) is -0.452. The fourth-order valence-corrected chi connectivity index (χ4v) is 5.60. The van der Waals surface area contributed by atoms with E-state index in [0.717, 1.165) is 23.1 Å². The van der Waals surface area contributed by atoms with Crippen LogP contribution in [0.2, 0.25) is 5.32 Å². The normalized spacial score (nSPS) is 13.1. The molecule has 0 N–H and O–H groups in total. The third-order valence-corrected chi connectivity index (χ3v) is 7.78. The van der Waals surface area contributed by atoms with E-state index in [1.807, 2.05) is 24.3 Å². The molecule has 6 heteroatoms. The number of methoxy groups -OCH3 is 1. The number of hydrogen-bond acceptors (Lipinski definition) is 5. The molecule has 1 aromatic carbocycles. The van der Waals surface area contributed by atoms with Crippen LogP contribution in [0.4, 0.5) is 0 Å². The molecular formula is C21H32O5Se. The molecule has 1 aromatic rings. The van der Waals surface area contributed by atoms with Gasteiger partial charge in [-0.2, -0.15) is 0 Å². The predicted molar refractivity (Wildman–Crippen MR) is 107 cm³/mol. The Morgan fingerprint density at radius 2 is 1.56 bits per heavy atom. The van der Waals surface area contributed by atoms with Crippen LogP contribution in [0.15, 0.2) is 24.3 Å². The van der Waals surface area contributed by atoms with Crippen molar-refractivity contribution in [2.75, 3.05) is 20.3 Å². The molecule has 0 aliphatic heterocycles. The van der Waals surface area contributed by atoms with Gasteiger partial charge in [-0.1, -0.05) is 0 Å². The molecule has 0 aliphatic rings. The second kappa shape index (κ2) is 12.8. The minimum atomic E-state index is -0.879. The molecule has 0 unspecified atom stereocenters. The molecule has 0 saturated carbocycles. The predicted octanol–water partition coefficient (Wildman–Crippen LogP) is 4.04. The van der Waals surface area contributed by atoms with Crippen molar-refractivity contribution < 1.29 is 23.8 Å². The summed E-state index contributed by atoms with van der Waals surface area (Å²) in [6.07, 6.45) is 1.54. The summed E-state index contributed by atoms with van der Waals surface area (Å²) in [7, 11) is 1.64. The van der Waals surface area contributed by atoms with E-state index < -0.39 is 17.9 Å². The first-order valence-electron chi connectivity index (χ1n) is 9.55. The van der Waals surface area contributed by atoms with Crippen molar-refractivity contribution in [3.05, 3.63) is 29.8 Å². The molecule has 2 atom stereocenters. The van der Waals surface area contributed by atoms with E-state index in [-0.39, 0.29) is 33.0 Å². The van der Waals surface area contributed by atoms with Gasteiger partial charge in [0.15, 0.2) is 0 Å². The van der Waals surface area contributed by atoms with Crippen LogP contribution >= 0.6 is 0 Å². The SMILES string of the molecule is CCOC(=O)C(C[C@@H]([Se]C[C@@H](C)CC)c1ccc(OC)cc1)C(=O)OCC. The molecule has 0 fully saturated rings. The van der Waals surface area contributed by atoms with E-state index in [2.05, 4.69) is 13.8 Å². The summed E-state index contributed by atoms with van der Waals surface area (Å²) in [4.78, 5) is 24.9. The molecule has 0 aliphatic carbocycles.